The Hall–Kier alpha value is -2.80. The summed E-state index contributed by atoms with van der Waals surface area (Å²) in [6.45, 7) is 0.918. The lowest BCUT2D eigenvalue weighted by Gasteiger charge is -2.41. The molecular weight excluding hydrogens is 404 g/mol. The number of aromatic nitrogens is 2. The molecule has 2 fully saturated rings. The smallest absolute Gasteiger partial charge is 0.316 e. The third kappa shape index (κ3) is 5.33. The molecule has 0 aliphatic heterocycles. The van der Waals surface area contributed by atoms with Gasteiger partial charge in [-0.25, -0.2) is 4.98 Å². The molecule has 7 heteroatoms. The molecule has 1 aromatic heterocycles. The Morgan fingerprint density at radius 2 is 1.88 bits per heavy atom. The molecule has 2 aliphatic carbocycles. The number of hydrogen-bond acceptors (Lipinski definition) is 6. The van der Waals surface area contributed by atoms with Crippen LogP contribution in [0.25, 0.3) is 0 Å². The van der Waals surface area contributed by atoms with E-state index in [1.165, 1.54) is 18.8 Å². The van der Waals surface area contributed by atoms with Gasteiger partial charge in [-0.3, -0.25) is 14.6 Å². The summed E-state index contributed by atoms with van der Waals surface area (Å²) in [5, 5.41) is 5.88. The number of esters is 1. The number of nitrogens with zero attached hydrogens (tertiary/aromatic N) is 2. The van der Waals surface area contributed by atoms with Crippen molar-refractivity contribution in [1.29, 1.82) is 0 Å². The first-order valence-electron chi connectivity index (χ1n) is 11.7. The van der Waals surface area contributed by atoms with Gasteiger partial charge in [0.1, 0.15) is 6.10 Å². The molecule has 1 heterocycles. The third-order valence-electron chi connectivity index (χ3n) is 6.84. The van der Waals surface area contributed by atoms with Crippen LogP contribution < -0.4 is 10.6 Å². The molecular formula is C25H32N4O3. The molecule has 2 saturated carbocycles. The van der Waals surface area contributed by atoms with E-state index in [4.69, 9.17) is 4.74 Å². The van der Waals surface area contributed by atoms with Crippen molar-refractivity contribution in [3.05, 3.63) is 54.5 Å². The normalized spacial score (nSPS) is 21.9. The van der Waals surface area contributed by atoms with Gasteiger partial charge in [0.25, 0.3) is 0 Å². The number of hydrogen-bond donors (Lipinski definition) is 2. The number of amides is 1. The zero-order chi connectivity index (χ0) is 22.2. The average molecular weight is 437 g/mol. The fourth-order valence-corrected chi connectivity index (χ4v) is 4.84. The predicted octanol–water partition coefficient (Wildman–Crippen LogP) is 3.62. The molecule has 32 heavy (non-hydrogen) atoms. The fourth-order valence-electron chi connectivity index (χ4n) is 4.84. The van der Waals surface area contributed by atoms with Crippen LogP contribution in [0.4, 0.5) is 5.82 Å². The average Bonchev–Trinajstić information content (AvgIpc) is 2.83. The first kappa shape index (κ1) is 22.4. The van der Waals surface area contributed by atoms with E-state index >= 15 is 0 Å². The summed E-state index contributed by atoms with van der Waals surface area (Å²) >= 11 is 0. The summed E-state index contributed by atoms with van der Waals surface area (Å²) in [4.78, 5) is 33.3. The molecule has 0 saturated heterocycles. The van der Waals surface area contributed by atoms with Crippen molar-refractivity contribution in [2.24, 2.45) is 5.92 Å². The largest absolute Gasteiger partial charge is 0.461 e. The molecule has 0 spiro atoms. The topological polar surface area (TPSA) is 93.2 Å². The monoisotopic (exact) mass is 436 g/mol. The van der Waals surface area contributed by atoms with Gasteiger partial charge in [0.05, 0.1) is 18.2 Å². The Morgan fingerprint density at radius 3 is 2.56 bits per heavy atom. The highest BCUT2D eigenvalue weighted by molar-refractivity contribution is 5.91. The molecule has 1 amide bonds. The highest BCUT2D eigenvalue weighted by atomic mass is 16.5. The van der Waals surface area contributed by atoms with Gasteiger partial charge in [-0.2, -0.15) is 0 Å². The van der Waals surface area contributed by atoms with Crippen molar-refractivity contribution in [1.82, 2.24) is 15.3 Å². The quantitative estimate of drug-likeness (QED) is 0.461. The molecule has 0 bridgehead atoms. The number of nitrogens with one attached hydrogen (secondary N) is 2. The van der Waals surface area contributed by atoms with Gasteiger partial charge < -0.3 is 15.4 Å². The van der Waals surface area contributed by atoms with Crippen LogP contribution in [0.3, 0.4) is 0 Å². The lowest BCUT2D eigenvalue weighted by molar-refractivity contribution is -0.167. The Morgan fingerprint density at radius 1 is 1.06 bits per heavy atom. The van der Waals surface area contributed by atoms with Crippen molar-refractivity contribution < 1.29 is 14.3 Å². The van der Waals surface area contributed by atoms with Gasteiger partial charge in [-0.15, -0.1) is 0 Å². The number of rotatable bonds is 9. The van der Waals surface area contributed by atoms with Crippen LogP contribution in [-0.4, -0.2) is 41.0 Å². The number of anilines is 1. The lowest BCUT2D eigenvalue weighted by Crippen LogP contribution is -2.45. The standard InChI is InChI=1S/C25H32N4O3/c30-23(29-22-17-27-15-16-28-22)18-26-14-11-19-9-10-21(19)32-24(31)25(12-5-2-6-13-25)20-7-3-1-4-8-20/h1,3-4,7-8,15-17,19,21,26H,2,5-6,9-14,18H2,(H,28,29,30)/t19?,21-/m0/s1. The van der Waals surface area contributed by atoms with Crippen molar-refractivity contribution in [2.75, 3.05) is 18.4 Å². The minimum atomic E-state index is -0.490. The van der Waals surface area contributed by atoms with Gasteiger partial charge in [0, 0.05) is 12.4 Å². The van der Waals surface area contributed by atoms with E-state index < -0.39 is 5.41 Å². The summed E-state index contributed by atoms with van der Waals surface area (Å²) < 4.78 is 6.09. The Bertz CT molecular complexity index is 885. The summed E-state index contributed by atoms with van der Waals surface area (Å²) in [5.41, 5.74) is 0.604. The predicted molar refractivity (Wildman–Crippen MR) is 122 cm³/mol. The minimum absolute atomic E-state index is 0.0137. The van der Waals surface area contributed by atoms with Crippen LogP contribution in [-0.2, 0) is 19.7 Å². The van der Waals surface area contributed by atoms with Gasteiger partial charge in [0.15, 0.2) is 5.82 Å². The first-order valence-corrected chi connectivity index (χ1v) is 11.7. The summed E-state index contributed by atoms with van der Waals surface area (Å²) in [6.07, 6.45) is 12.5. The van der Waals surface area contributed by atoms with Crippen LogP contribution in [0.5, 0.6) is 0 Å². The zero-order valence-electron chi connectivity index (χ0n) is 18.5. The number of benzene rings is 1. The van der Waals surface area contributed by atoms with Crippen molar-refractivity contribution in [2.45, 2.75) is 62.9 Å². The molecule has 1 aromatic carbocycles. The molecule has 2 N–H and O–H groups in total. The van der Waals surface area contributed by atoms with Gasteiger partial charge >= 0.3 is 5.97 Å². The molecule has 4 rings (SSSR count). The van der Waals surface area contributed by atoms with E-state index in [1.54, 1.807) is 6.20 Å². The highest BCUT2D eigenvalue weighted by Crippen LogP contribution is 2.42. The Balaban J connectivity index is 1.23. The van der Waals surface area contributed by atoms with Crippen LogP contribution >= 0.6 is 0 Å². The third-order valence-corrected chi connectivity index (χ3v) is 6.84. The van der Waals surface area contributed by atoms with Gasteiger partial charge in [-0.1, -0.05) is 49.6 Å². The minimum Gasteiger partial charge on any atom is -0.461 e. The van der Waals surface area contributed by atoms with Crippen LogP contribution in [0.2, 0.25) is 0 Å². The maximum atomic E-state index is 13.4. The van der Waals surface area contributed by atoms with E-state index in [-0.39, 0.29) is 24.5 Å². The Kier molecular flexibility index (Phi) is 7.47. The molecule has 2 aliphatic rings. The number of carbonyl (C=O) groups excluding carboxylic acids is 2. The molecule has 0 radical (unpaired) electrons. The summed E-state index contributed by atoms with van der Waals surface area (Å²) in [5.74, 6) is 0.602. The van der Waals surface area contributed by atoms with E-state index in [0.29, 0.717) is 18.3 Å². The maximum Gasteiger partial charge on any atom is 0.316 e. The first-order chi connectivity index (χ1) is 15.7. The van der Waals surface area contributed by atoms with E-state index in [0.717, 1.165) is 50.5 Å². The fraction of sp³-hybridized carbons (Fsp3) is 0.520. The molecule has 170 valence electrons. The zero-order valence-corrected chi connectivity index (χ0v) is 18.5. The second kappa shape index (κ2) is 10.7. The number of carbonyl (C=O) groups is 2. The second-order valence-electron chi connectivity index (χ2n) is 8.89. The van der Waals surface area contributed by atoms with Gasteiger partial charge in [0.2, 0.25) is 5.91 Å². The van der Waals surface area contributed by atoms with E-state index in [9.17, 15) is 9.59 Å². The summed E-state index contributed by atoms with van der Waals surface area (Å²) in [7, 11) is 0. The second-order valence-corrected chi connectivity index (χ2v) is 8.89. The van der Waals surface area contributed by atoms with Crippen LogP contribution in [0, 0.1) is 5.92 Å². The maximum absolute atomic E-state index is 13.4. The molecule has 2 aromatic rings. The van der Waals surface area contributed by atoms with Crippen molar-refractivity contribution in [3.63, 3.8) is 0 Å². The summed E-state index contributed by atoms with van der Waals surface area (Å²) in [6, 6.07) is 10.2. The van der Waals surface area contributed by atoms with Crippen LogP contribution in [0.1, 0.15) is 56.9 Å². The van der Waals surface area contributed by atoms with Crippen LogP contribution in [0.15, 0.2) is 48.9 Å². The Labute approximate surface area is 189 Å². The van der Waals surface area contributed by atoms with E-state index in [2.05, 4.69) is 32.7 Å². The van der Waals surface area contributed by atoms with Crippen molar-refractivity contribution in [3.8, 4) is 0 Å². The highest BCUT2D eigenvalue weighted by Gasteiger charge is 2.45. The molecule has 2 atom stereocenters. The lowest BCUT2D eigenvalue weighted by atomic mass is 9.69. The SMILES string of the molecule is O=C(CNCCC1CC[C@@H]1OC(=O)C1(c2ccccc2)CCCCC1)Nc1cnccn1. The molecule has 1 unspecified atom stereocenters. The van der Waals surface area contributed by atoms with E-state index in [1.807, 2.05) is 18.2 Å². The van der Waals surface area contributed by atoms with Gasteiger partial charge in [-0.05, 0) is 50.1 Å². The number of ether oxygens (including phenoxy) is 1. The van der Waals surface area contributed by atoms with Crippen molar-refractivity contribution >= 4 is 17.7 Å². The molecule has 7 nitrogen and oxygen atoms in total.